The number of nitrogens with one attached hydrogen (secondary N) is 1. The SMILES string of the molecule is CC(C)Nc1cccnc1N1CCN(C(=O)c2ccc(C(=O)N3CCC(C(=O)N4CCSCC4)CC3)cc2)CC1. The minimum Gasteiger partial charge on any atom is -0.380 e. The normalized spacial score (nSPS) is 18.7. The summed E-state index contributed by atoms with van der Waals surface area (Å²) >= 11 is 1.90. The molecular formula is C30H40N6O3S. The third-order valence-corrected chi connectivity index (χ3v) is 8.87. The highest BCUT2D eigenvalue weighted by atomic mass is 32.2. The van der Waals surface area contributed by atoms with Gasteiger partial charge in [-0.1, -0.05) is 0 Å². The molecule has 3 amide bonds. The average molecular weight is 565 g/mol. The zero-order valence-electron chi connectivity index (χ0n) is 23.6. The van der Waals surface area contributed by atoms with Gasteiger partial charge in [0.2, 0.25) is 5.91 Å². The Kier molecular flexibility index (Phi) is 9.14. The highest BCUT2D eigenvalue weighted by Gasteiger charge is 2.31. The van der Waals surface area contributed by atoms with Crippen LogP contribution in [0.5, 0.6) is 0 Å². The highest BCUT2D eigenvalue weighted by Crippen LogP contribution is 2.26. The smallest absolute Gasteiger partial charge is 0.253 e. The molecule has 1 aromatic carbocycles. The number of piperidine rings is 1. The fourth-order valence-corrected chi connectivity index (χ4v) is 6.59. The van der Waals surface area contributed by atoms with E-state index in [1.54, 1.807) is 30.5 Å². The quantitative estimate of drug-likeness (QED) is 0.576. The van der Waals surface area contributed by atoms with E-state index < -0.39 is 0 Å². The molecule has 9 nitrogen and oxygen atoms in total. The number of amides is 3. The summed E-state index contributed by atoms with van der Waals surface area (Å²) in [6, 6.07) is 11.3. The van der Waals surface area contributed by atoms with Gasteiger partial charge in [-0.25, -0.2) is 4.98 Å². The number of hydrogen-bond donors (Lipinski definition) is 1. The van der Waals surface area contributed by atoms with Gasteiger partial charge in [0.05, 0.1) is 5.69 Å². The van der Waals surface area contributed by atoms with Gasteiger partial charge in [-0.3, -0.25) is 14.4 Å². The van der Waals surface area contributed by atoms with Crippen molar-refractivity contribution >= 4 is 41.0 Å². The molecule has 214 valence electrons. The minimum atomic E-state index is -0.0333. The van der Waals surface area contributed by atoms with Crippen LogP contribution in [0.15, 0.2) is 42.6 Å². The van der Waals surface area contributed by atoms with Gasteiger partial charge in [-0.2, -0.15) is 11.8 Å². The van der Waals surface area contributed by atoms with E-state index in [1.807, 2.05) is 38.6 Å². The maximum atomic E-state index is 13.2. The van der Waals surface area contributed by atoms with Crippen LogP contribution in [0.2, 0.25) is 0 Å². The molecule has 3 saturated heterocycles. The number of carbonyl (C=O) groups is 3. The van der Waals surface area contributed by atoms with Gasteiger partial charge in [0.25, 0.3) is 11.8 Å². The van der Waals surface area contributed by atoms with E-state index in [0.29, 0.717) is 69.3 Å². The maximum Gasteiger partial charge on any atom is 0.253 e. The van der Waals surface area contributed by atoms with Crippen molar-refractivity contribution in [2.45, 2.75) is 32.7 Å². The molecule has 3 aliphatic heterocycles. The van der Waals surface area contributed by atoms with Crippen LogP contribution in [0.25, 0.3) is 0 Å². The molecule has 0 atom stereocenters. The first-order valence-electron chi connectivity index (χ1n) is 14.4. The number of aromatic nitrogens is 1. The molecule has 1 aromatic heterocycles. The summed E-state index contributed by atoms with van der Waals surface area (Å²) < 4.78 is 0. The van der Waals surface area contributed by atoms with Crippen molar-refractivity contribution in [3.05, 3.63) is 53.7 Å². The van der Waals surface area contributed by atoms with Crippen LogP contribution < -0.4 is 10.2 Å². The third-order valence-electron chi connectivity index (χ3n) is 7.93. The third kappa shape index (κ3) is 6.54. The monoisotopic (exact) mass is 564 g/mol. The molecule has 3 fully saturated rings. The first-order valence-corrected chi connectivity index (χ1v) is 15.6. The van der Waals surface area contributed by atoms with Gasteiger partial charge in [-0.05, 0) is 63.1 Å². The van der Waals surface area contributed by atoms with Crippen LogP contribution in [0.3, 0.4) is 0 Å². The van der Waals surface area contributed by atoms with E-state index in [1.165, 1.54) is 0 Å². The fraction of sp³-hybridized carbons (Fsp3) is 0.533. The van der Waals surface area contributed by atoms with Gasteiger partial charge in [-0.15, -0.1) is 0 Å². The van der Waals surface area contributed by atoms with Gasteiger partial charge in [0.15, 0.2) is 5.82 Å². The number of nitrogens with zero attached hydrogens (tertiary/aromatic N) is 5. The van der Waals surface area contributed by atoms with Gasteiger partial charge < -0.3 is 24.9 Å². The Bertz CT molecular complexity index is 1180. The zero-order chi connectivity index (χ0) is 28.1. The van der Waals surface area contributed by atoms with Crippen molar-refractivity contribution in [1.82, 2.24) is 19.7 Å². The molecule has 3 aliphatic rings. The standard InChI is InChI=1S/C30H40N6O3S/c1-22(2)32-26-4-3-11-31-27(26)33-14-16-35(17-15-33)29(38)24-7-5-23(6-8-24)28(37)34-12-9-25(10-13-34)30(39)36-18-20-40-21-19-36/h3-8,11,22,25,32H,9-10,12-21H2,1-2H3. The lowest BCUT2D eigenvalue weighted by molar-refractivity contribution is -0.136. The molecule has 5 rings (SSSR count). The van der Waals surface area contributed by atoms with Crippen molar-refractivity contribution < 1.29 is 14.4 Å². The molecule has 2 aromatic rings. The Morgan fingerprint density at radius 1 is 0.800 bits per heavy atom. The Labute approximate surface area is 241 Å². The van der Waals surface area contributed by atoms with E-state index in [9.17, 15) is 14.4 Å². The second-order valence-electron chi connectivity index (χ2n) is 11.0. The topological polar surface area (TPSA) is 89.1 Å². The molecular weight excluding hydrogens is 524 g/mol. The van der Waals surface area contributed by atoms with Gasteiger partial charge >= 0.3 is 0 Å². The molecule has 40 heavy (non-hydrogen) atoms. The Balaban J connectivity index is 1.12. The lowest BCUT2D eigenvalue weighted by Gasteiger charge is -2.36. The Morgan fingerprint density at radius 2 is 1.38 bits per heavy atom. The number of anilines is 2. The molecule has 0 spiro atoms. The molecule has 0 saturated carbocycles. The lowest BCUT2D eigenvalue weighted by Crippen LogP contribution is -2.49. The molecule has 10 heteroatoms. The van der Waals surface area contributed by atoms with Crippen LogP contribution in [-0.2, 0) is 4.79 Å². The summed E-state index contributed by atoms with van der Waals surface area (Å²) in [5, 5.41) is 3.46. The van der Waals surface area contributed by atoms with Gasteiger partial charge in [0.1, 0.15) is 0 Å². The summed E-state index contributed by atoms with van der Waals surface area (Å²) in [5.74, 6) is 3.17. The highest BCUT2D eigenvalue weighted by molar-refractivity contribution is 7.99. The minimum absolute atomic E-state index is 0.0170. The van der Waals surface area contributed by atoms with Crippen molar-refractivity contribution in [3.63, 3.8) is 0 Å². The Hall–Kier alpha value is -3.27. The summed E-state index contributed by atoms with van der Waals surface area (Å²) in [6.45, 7) is 9.71. The molecule has 4 heterocycles. The molecule has 0 radical (unpaired) electrons. The Morgan fingerprint density at radius 3 is 1.95 bits per heavy atom. The lowest BCUT2D eigenvalue weighted by atomic mass is 9.94. The van der Waals surface area contributed by atoms with E-state index in [0.717, 1.165) is 36.1 Å². The number of thioether (sulfide) groups is 1. The number of hydrogen-bond acceptors (Lipinski definition) is 7. The molecule has 0 bridgehead atoms. The van der Waals surface area contributed by atoms with E-state index in [2.05, 4.69) is 29.0 Å². The molecule has 0 aliphatic carbocycles. The van der Waals surface area contributed by atoms with Crippen LogP contribution in [0, 0.1) is 5.92 Å². The number of benzene rings is 1. The predicted octanol–water partition coefficient (Wildman–Crippen LogP) is 3.29. The van der Waals surface area contributed by atoms with Crippen LogP contribution >= 0.6 is 11.8 Å². The van der Waals surface area contributed by atoms with Crippen molar-refractivity contribution in [1.29, 1.82) is 0 Å². The summed E-state index contributed by atoms with van der Waals surface area (Å²) in [6.07, 6.45) is 3.23. The van der Waals surface area contributed by atoms with Crippen LogP contribution in [-0.4, -0.2) is 107 Å². The largest absolute Gasteiger partial charge is 0.380 e. The number of carbonyl (C=O) groups excluding carboxylic acids is 3. The average Bonchev–Trinajstić information content (AvgIpc) is 3.01. The second-order valence-corrected chi connectivity index (χ2v) is 12.3. The van der Waals surface area contributed by atoms with E-state index in [-0.39, 0.29) is 23.6 Å². The van der Waals surface area contributed by atoms with Crippen molar-refractivity contribution in [3.8, 4) is 0 Å². The number of pyridine rings is 1. The molecule has 0 unspecified atom stereocenters. The van der Waals surface area contributed by atoms with Crippen LogP contribution in [0.4, 0.5) is 11.5 Å². The first kappa shape index (κ1) is 28.3. The number of likely N-dealkylation sites (tertiary alicyclic amines) is 1. The number of piperazine rings is 1. The summed E-state index contributed by atoms with van der Waals surface area (Å²) in [7, 11) is 0. The van der Waals surface area contributed by atoms with Crippen molar-refractivity contribution in [2.75, 3.05) is 74.1 Å². The fourth-order valence-electron chi connectivity index (χ4n) is 5.69. The summed E-state index contributed by atoms with van der Waals surface area (Å²) in [5.41, 5.74) is 2.18. The summed E-state index contributed by atoms with van der Waals surface area (Å²) in [4.78, 5) is 51.7. The number of rotatable bonds is 6. The van der Waals surface area contributed by atoms with Crippen molar-refractivity contribution in [2.24, 2.45) is 5.92 Å². The predicted molar refractivity (Wildman–Crippen MR) is 160 cm³/mol. The van der Waals surface area contributed by atoms with E-state index in [4.69, 9.17) is 0 Å². The zero-order valence-corrected chi connectivity index (χ0v) is 24.4. The van der Waals surface area contributed by atoms with Crippen LogP contribution in [0.1, 0.15) is 47.4 Å². The van der Waals surface area contributed by atoms with E-state index >= 15 is 0 Å². The first-order chi connectivity index (χ1) is 19.4. The molecule has 1 N–H and O–H groups in total. The second kappa shape index (κ2) is 12.9. The van der Waals surface area contributed by atoms with Gasteiger partial charge in [0, 0.05) is 93.1 Å². The maximum absolute atomic E-state index is 13.2.